The molecule has 166 valence electrons. The van der Waals surface area contributed by atoms with E-state index in [0.717, 1.165) is 54.9 Å². The van der Waals surface area contributed by atoms with Crippen LogP contribution in [0.4, 0.5) is 5.69 Å². The number of nitrogens with one attached hydrogen (secondary N) is 2. The predicted molar refractivity (Wildman–Crippen MR) is 132 cm³/mol. The van der Waals surface area contributed by atoms with Crippen LogP contribution in [-0.2, 0) is 11.3 Å². The van der Waals surface area contributed by atoms with E-state index in [1.807, 2.05) is 50.2 Å². The van der Waals surface area contributed by atoms with Crippen LogP contribution in [0.25, 0.3) is 0 Å². The predicted octanol–water partition coefficient (Wildman–Crippen LogP) is 5.24. The van der Waals surface area contributed by atoms with E-state index in [-0.39, 0.29) is 11.9 Å². The standard InChI is InChI=1S/C28H33N3O/c1-21-13-14-22(2)26(19-21)30-28(32)27(24-11-7-4-8-12-24)29-25-15-17-31(18-16-25)20-23-9-5-3-6-10-23/h3-14,19,25,27,29H,15-18,20H2,1-2H3,(H,30,32). The highest BCUT2D eigenvalue weighted by Crippen LogP contribution is 2.23. The average Bonchev–Trinajstić information content (AvgIpc) is 2.82. The van der Waals surface area contributed by atoms with E-state index in [9.17, 15) is 4.79 Å². The number of amides is 1. The first-order chi connectivity index (χ1) is 15.6. The summed E-state index contributed by atoms with van der Waals surface area (Å²) in [6.45, 7) is 7.13. The third-order valence-electron chi connectivity index (χ3n) is 6.28. The molecule has 0 spiro atoms. The van der Waals surface area contributed by atoms with Crippen LogP contribution in [0.2, 0.25) is 0 Å². The van der Waals surface area contributed by atoms with E-state index >= 15 is 0 Å². The topological polar surface area (TPSA) is 44.4 Å². The van der Waals surface area contributed by atoms with E-state index in [2.05, 4.69) is 58.0 Å². The van der Waals surface area contributed by atoms with Crippen LogP contribution in [0.5, 0.6) is 0 Å². The lowest BCUT2D eigenvalue weighted by molar-refractivity contribution is -0.118. The van der Waals surface area contributed by atoms with Gasteiger partial charge in [-0.3, -0.25) is 15.0 Å². The van der Waals surface area contributed by atoms with Gasteiger partial charge in [0, 0.05) is 18.3 Å². The molecule has 32 heavy (non-hydrogen) atoms. The van der Waals surface area contributed by atoms with Gasteiger partial charge < -0.3 is 5.32 Å². The van der Waals surface area contributed by atoms with Gasteiger partial charge in [-0.25, -0.2) is 0 Å². The maximum Gasteiger partial charge on any atom is 0.246 e. The summed E-state index contributed by atoms with van der Waals surface area (Å²) < 4.78 is 0. The van der Waals surface area contributed by atoms with Gasteiger partial charge in [-0.15, -0.1) is 0 Å². The minimum atomic E-state index is -0.373. The molecule has 0 aliphatic carbocycles. The summed E-state index contributed by atoms with van der Waals surface area (Å²) in [5, 5.41) is 6.84. The molecule has 2 N–H and O–H groups in total. The number of anilines is 1. The zero-order chi connectivity index (χ0) is 22.3. The number of nitrogens with zero attached hydrogens (tertiary/aromatic N) is 1. The Kier molecular flexibility index (Phi) is 7.35. The highest BCUT2D eigenvalue weighted by Gasteiger charge is 2.27. The van der Waals surface area contributed by atoms with Gasteiger partial charge in [-0.05, 0) is 68.1 Å². The number of aryl methyl sites for hydroxylation is 2. The molecule has 0 radical (unpaired) electrons. The van der Waals surface area contributed by atoms with E-state index in [1.54, 1.807) is 0 Å². The maximum atomic E-state index is 13.4. The normalized spacial score (nSPS) is 15.9. The second-order valence-corrected chi connectivity index (χ2v) is 8.85. The number of hydrogen-bond acceptors (Lipinski definition) is 3. The van der Waals surface area contributed by atoms with Crippen LogP contribution in [0.1, 0.15) is 41.1 Å². The average molecular weight is 428 g/mol. The Balaban J connectivity index is 1.41. The largest absolute Gasteiger partial charge is 0.324 e. The molecule has 4 nitrogen and oxygen atoms in total. The first kappa shape index (κ1) is 22.3. The van der Waals surface area contributed by atoms with Gasteiger partial charge in [-0.2, -0.15) is 0 Å². The van der Waals surface area contributed by atoms with Crippen LogP contribution in [0.15, 0.2) is 78.9 Å². The van der Waals surface area contributed by atoms with Crippen LogP contribution in [0.3, 0.4) is 0 Å². The molecule has 0 saturated carbocycles. The van der Waals surface area contributed by atoms with Crippen molar-refractivity contribution >= 4 is 11.6 Å². The first-order valence-corrected chi connectivity index (χ1v) is 11.5. The minimum absolute atomic E-state index is 0.00313. The summed E-state index contributed by atoms with van der Waals surface area (Å²) >= 11 is 0. The van der Waals surface area contributed by atoms with E-state index in [4.69, 9.17) is 0 Å². The Bertz CT molecular complexity index is 1010. The molecule has 0 bridgehead atoms. The highest BCUT2D eigenvalue weighted by atomic mass is 16.2. The number of benzene rings is 3. The monoisotopic (exact) mass is 427 g/mol. The molecule has 1 aliphatic rings. The van der Waals surface area contributed by atoms with Crippen molar-refractivity contribution < 1.29 is 4.79 Å². The summed E-state index contributed by atoms with van der Waals surface area (Å²) in [5.74, 6) is -0.00313. The van der Waals surface area contributed by atoms with E-state index < -0.39 is 0 Å². The van der Waals surface area contributed by atoms with Crippen molar-refractivity contribution in [3.05, 3.63) is 101 Å². The number of carbonyl (C=O) groups is 1. The summed E-state index contributed by atoms with van der Waals surface area (Å²) in [4.78, 5) is 15.9. The molecule has 1 atom stereocenters. The molecule has 4 heteroatoms. The Labute approximate surface area is 191 Å². The fourth-order valence-corrected chi connectivity index (χ4v) is 4.38. The van der Waals surface area contributed by atoms with Crippen molar-refractivity contribution in [1.29, 1.82) is 0 Å². The Morgan fingerprint density at radius 3 is 2.28 bits per heavy atom. The maximum absolute atomic E-state index is 13.4. The van der Waals surface area contributed by atoms with E-state index in [1.165, 1.54) is 5.56 Å². The molecule has 1 fully saturated rings. The van der Waals surface area contributed by atoms with Crippen molar-refractivity contribution in [2.75, 3.05) is 18.4 Å². The van der Waals surface area contributed by atoms with Crippen LogP contribution < -0.4 is 10.6 Å². The second-order valence-electron chi connectivity index (χ2n) is 8.85. The number of hydrogen-bond donors (Lipinski definition) is 2. The van der Waals surface area contributed by atoms with Crippen molar-refractivity contribution in [2.24, 2.45) is 0 Å². The molecule has 1 unspecified atom stereocenters. The van der Waals surface area contributed by atoms with Crippen molar-refractivity contribution in [3.8, 4) is 0 Å². The Morgan fingerprint density at radius 1 is 0.938 bits per heavy atom. The molecule has 1 amide bonds. The lowest BCUT2D eigenvalue weighted by atomic mass is 9.99. The third-order valence-corrected chi connectivity index (χ3v) is 6.28. The number of piperidine rings is 1. The third kappa shape index (κ3) is 5.84. The van der Waals surface area contributed by atoms with Crippen LogP contribution in [-0.4, -0.2) is 29.9 Å². The lowest BCUT2D eigenvalue weighted by Crippen LogP contribution is -2.46. The summed E-state index contributed by atoms with van der Waals surface area (Å²) in [6, 6.07) is 26.8. The van der Waals surface area contributed by atoms with Crippen LogP contribution >= 0.6 is 0 Å². The molecular formula is C28H33N3O. The summed E-state index contributed by atoms with van der Waals surface area (Å²) in [5.41, 5.74) is 5.46. The smallest absolute Gasteiger partial charge is 0.246 e. The van der Waals surface area contributed by atoms with Gasteiger partial charge >= 0.3 is 0 Å². The highest BCUT2D eigenvalue weighted by molar-refractivity contribution is 5.96. The van der Waals surface area contributed by atoms with Crippen molar-refractivity contribution in [3.63, 3.8) is 0 Å². The molecule has 1 aliphatic heterocycles. The summed E-state index contributed by atoms with van der Waals surface area (Å²) in [7, 11) is 0. The SMILES string of the molecule is Cc1ccc(C)c(NC(=O)C(NC2CCN(Cc3ccccc3)CC2)c2ccccc2)c1. The molecular weight excluding hydrogens is 394 g/mol. The van der Waals surface area contributed by atoms with Crippen molar-refractivity contribution in [1.82, 2.24) is 10.2 Å². The van der Waals surface area contributed by atoms with Gasteiger partial charge in [0.25, 0.3) is 0 Å². The minimum Gasteiger partial charge on any atom is -0.324 e. The van der Waals surface area contributed by atoms with Gasteiger partial charge in [-0.1, -0.05) is 72.8 Å². The molecule has 4 rings (SSSR count). The fraction of sp³-hybridized carbons (Fsp3) is 0.321. The fourth-order valence-electron chi connectivity index (χ4n) is 4.38. The van der Waals surface area contributed by atoms with E-state index in [0.29, 0.717) is 6.04 Å². The summed E-state index contributed by atoms with van der Waals surface area (Å²) in [6.07, 6.45) is 2.07. The second kappa shape index (κ2) is 10.6. The van der Waals surface area contributed by atoms with Gasteiger partial charge in [0.15, 0.2) is 0 Å². The molecule has 3 aromatic rings. The zero-order valence-corrected chi connectivity index (χ0v) is 19.1. The molecule has 0 aromatic heterocycles. The first-order valence-electron chi connectivity index (χ1n) is 11.5. The zero-order valence-electron chi connectivity index (χ0n) is 19.1. The number of rotatable bonds is 7. The molecule has 1 saturated heterocycles. The Hall–Kier alpha value is -2.95. The van der Waals surface area contributed by atoms with Crippen LogP contribution in [0, 0.1) is 13.8 Å². The molecule has 1 heterocycles. The number of carbonyl (C=O) groups excluding carboxylic acids is 1. The van der Waals surface area contributed by atoms with Gasteiger partial charge in [0.05, 0.1) is 0 Å². The molecule has 3 aromatic carbocycles. The van der Waals surface area contributed by atoms with Gasteiger partial charge in [0.1, 0.15) is 6.04 Å². The quantitative estimate of drug-likeness (QED) is 0.542. The Morgan fingerprint density at radius 2 is 1.59 bits per heavy atom. The lowest BCUT2D eigenvalue weighted by Gasteiger charge is -2.34. The number of likely N-dealkylation sites (tertiary alicyclic amines) is 1. The van der Waals surface area contributed by atoms with Gasteiger partial charge in [0.2, 0.25) is 5.91 Å². The van der Waals surface area contributed by atoms with Crippen molar-refractivity contribution in [2.45, 2.75) is 45.3 Å².